The molecule has 0 fully saturated rings. The summed E-state index contributed by atoms with van der Waals surface area (Å²) in [7, 11) is 1.47. The molecule has 0 saturated carbocycles. The third-order valence-corrected chi connectivity index (χ3v) is 4.14. The molecule has 4 rings (SSSR count). The van der Waals surface area contributed by atoms with Crippen LogP contribution in [0.15, 0.2) is 52.9 Å². The maximum absolute atomic E-state index is 11.4. The summed E-state index contributed by atoms with van der Waals surface area (Å²) >= 11 is 0. The van der Waals surface area contributed by atoms with Crippen LogP contribution in [0.4, 0.5) is 5.69 Å². The van der Waals surface area contributed by atoms with Crippen molar-refractivity contribution in [3.05, 3.63) is 64.2 Å². The van der Waals surface area contributed by atoms with E-state index in [1.165, 1.54) is 13.2 Å². The van der Waals surface area contributed by atoms with E-state index >= 15 is 0 Å². The van der Waals surface area contributed by atoms with Gasteiger partial charge in [-0.2, -0.15) is 0 Å². The lowest BCUT2D eigenvalue weighted by atomic mass is 10.1. The van der Waals surface area contributed by atoms with E-state index in [2.05, 4.69) is 9.97 Å². The smallest absolute Gasteiger partial charge is 0.284 e. The van der Waals surface area contributed by atoms with Gasteiger partial charge in [0.25, 0.3) is 5.69 Å². The zero-order valence-electron chi connectivity index (χ0n) is 14.1. The third-order valence-electron chi connectivity index (χ3n) is 4.14. The fourth-order valence-electron chi connectivity index (χ4n) is 2.85. The Hall–Kier alpha value is -3.61. The second kappa shape index (κ2) is 6.03. The number of nitrogens with one attached hydrogen (secondary N) is 1. The van der Waals surface area contributed by atoms with Crippen molar-refractivity contribution < 1.29 is 14.1 Å². The van der Waals surface area contributed by atoms with Crippen molar-refractivity contribution in [2.75, 3.05) is 7.11 Å². The maximum atomic E-state index is 11.4. The summed E-state index contributed by atoms with van der Waals surface area (Å²) in [6.07, 6.45) is 0. The molecule has 2 aromatic carbocycles. The van der Waals surface area contributed by atoms with Crippen molar-refractivity contribution in [1.29, 1.82) is 0 Å². The number of aromatic amines is 1. The van der Waals surface area contributed by atoms with Gasteiger partial charge in [0.15, 0.2) is 11.6 Å². The molecule has 7 heteroatoms. The molecule has 1 N–H and O–H groups in total. The number of ether oxygens (including phenoxy) is 1. The van der Waals surface area contributed by atoms with Crippen LogP contribution in [0.2, 0.25) is 0 Å². The highest BCUT2D eigenvalue weighted by Crippen LogP contribution is 2.36. The van der Waals surface area contributed by atoms with Crippen LogP contribution in [0.1, 0.15) is 5.56 Å². The average molecular weight is 349 g/mol. The molecule has 0 aliphatic rings. The van der Waals surface area contributed by atoms with Gasteiger partial charge in [0.05, 0.1) is 34.7 Å². The number of methoxy groups -OCH3 is 1. The molecule has 0 saturated heterocycles. The van der Waals surface area contributed by atoms with Crippen LogP contribution in [0.25, 0.3) is 33.9 Å². The van der Waals surface area contributed by atoms with Crippen molar-refractivity contribution in [1.82, 2.24) is 9.97 Å². The van der Waals surface area contributed by atoms with E-state index in [0.29, 0.717) is 28.7 Å². The molecule has 0 aliphatic heterocycles. The molecule has 0 atom stereocenters. The number of benzene rings is 2. The molecule has 0 aliphatic carbocycles. The van der Waals surface area contributed by atoms with Gasteiger partial charge in [-0.05, 0) is 48.9 Å². The Morgan fingerprint density at radius 1 is 1.12 bits per heavy atom. The molecule has 0 spiro atoms. The van der Waals surface area contributed by atoms with Crippen molar-refractivity contribution in [3.8, 4) is 28.7 Å². The number of hydrogen-bond acceptors (Lipinski definition) is 5. The highest BCUT2D eigenvalue weighted by atomic mass is 16.6. The lowest BCUT2D eigenvalue weighted by Crippen LogP contribution is -1.93. The van der Waals surface area contributed by atoms with Gasteiger partial charge >= 0.3 is 0 Å². The van der Waals surface area contributed by atoms with Crippen LogP contribution in [0.3, 0.4) is 0 Å². The van der Waals surface area contributed by atoms with Gasteiger partial charge in [-0.25, -0.2) is 4.98 Å². The molecule has 26 heavy (non-hydrogen) atoms. The first-order valence-electron chi connectivity index (χ1n) is 7.94. The van der Waals surface area contributed by atoms with Gasteiger partial charge in [-0.3, -0.25) is 10.1 Å². The number of H-pyrrole nitrogens is 1. The van der Waals surface area contributed by atoms with Crippen LogP contribution >= 0.6 is 0 Å². The van der Waals surface area contributed by atoms with Gasteiger partial charge in [0.1, 0.15) is 11.5 Å². The quantitative estimate of drug-likeness (QED) is 0.425. The van der Waals surface area contributed by atoms with Gasteiger partial charge in [-0.15, -0.1) is 0 Å². The summed E-state index contributed by atoms with van der Waals surface area (Å²) < 4.78 is 10.9. The van der Waals surface area contributed by atoms with E-state index in [9.17, 15) is 10.1 Å². The van der Waals surface area contributed by atoms with Gasteiger partial charge in [0, 0.05) is 0 Å². The highest BCUT2D eigenvalue weighted by molar-refractivity contribution is 5.80. The predicted molar refractivity (Wildman–Crippen MR) is 97.2 cm³/mol. The zero-order valence-corrected chi connectivity index (χ0v) is 14.1. The fraction of sp³-hybridized carbons (Fsp3) is 0.105. The van der Waals surface area contributed by atoms with Crippen LogP contribution < -0.4 is 4.74 Å². The van der Waals surface area contributed by atoms with Crippen LogP contribution in [-0.2, 0) is 0 Å². The van der Waals surface area contributed by atoms with Gasteiger partial charge in [0.2, 0.25) is 0 Å². The second-order valence-electron chi connectivity index (χ2n) is 5.91. The number of fused-ring (bicyclic) bond motifs is 1. The Balaban J connectivity index is 1.77. The number of nitro benzene ring substituents is 1. The number of imidazole rings is 1. The fourth-order valence-corrected chi connectivity index (χ4v) is 2.85. The molecule has 130 valence electrons. The van der Waals surface area contributed by atoms with Crippen molar-refractivity contribution in [2.24, 2.45) is 0 Å². The SMILES string of the molecule is COc1ccc(-c2ccc(-c3nc4ccc(C)cc4[nH]3)o2)c([N+](=O)[O-])c1. The summed E-state index contributed by atoms with van der Waals surface area (Å²) in [5, 5.41) is 11.4. The van der Waals surface area contributed by atoms with Crippen LogP contribution in [-0.4, -0.2) is 22.0 Å². The van der Waals surface area contributed by atoms with E-state index in [4.69, 9.17) is 9.15 Å². The van der Waals surface area contributed by atoms with E-state index in [-0.39, 0.29) is 5.69 Å². The van der Waals surface area contributed by atoms with Gasteiger partial charge in [-0.1, -0.05) is 6.07 Å². The molecule has 4 aromatic rings. The van der Waals surface area contributed by atoms with E-state index in [1.807, 2.05) is 25.1 Å². The number of hydrogen-bond donors (Lipinski definition) is 1. The topological polar surface area (TPSA) is 94.2 Å². The Bertz CT molecular complexity index is 1130. The summed E-state index contributed by atoms with van der Waals surface area (Å²) in [6, 6.07) is 14.0. The zero-order chi connectivity index (χ0) is 18.3. The number of aromatic nitrogens is 2. The van der Waals surface area contributed by atoms with Crippen molar-refractivity contribution in [2.45, 2.75) is 6.92 Å². The van der Waals surface area contributed by atoms with E-state index in [0.717, 1.165) is 16.6 Å². The monoisotopic (exact) mass is 349 g/mol. The Labute approximate surface area is 148 Å². The lowest BCUT2D eigenvalue weighted by molar-refractivity contribution is -0.384. The molecule has 2 aromatic heterocycles. The largest absolute Gasteiger partial charge is 0.497 e. The summed E-state index contributed by atoms with van der Waals surface area (Å²) in [5.41, 5.74) is 3.17. The highest BCUT2D eigenvalue weighted by Gasteiger charge is 2.20. The standard InChI is InChI=1S/C19H15N3O4/c1-11-3-6-14-15(9-11)21-19(20-14)18-8-7-17(26-18)13-5-4-12(25-2)10-16(13)22(23)24/h3-10H,1-2H3,(H,20,21). The predicted octanol–water partition coefficient (Wildman–Crippen LogP) is 4.72. The number of nitrogens with zero attached hydrogens (tertiary/aromatic N) is 2. The molecule has 0 bridgehead atoms. The average Bonchev–Trinajstić information content (AvgIpc) is 3.27. The second-order valence-corrected chi connectivity index (χ2v) is 5.91. The minimum absolute atomic E-state index is 0.0783. The first-order valence-corrected chi connectivity index (χ1v) is 7.94. The minimum atomic E-state index is -0.454. The first-order chi connectivity index (χ1) is 12.5. The minimum Gasteiger partial charge on any atom is -0.497 e. The molecular weight excluding hydrogens is 334 g/mol. The lowest BCUT2D eigenvalue weighted by Gasteiger charge is -2.03. The van der Waals surface area contributed by atoms with Crippen LogP contribution in [0.5, 0.6) is 5.75 Å². The molecule has 0 amide bonds. The Kier molecular flexibility index (Phi) is 3.69. The maximum Gasteiger partial charge on any atom is 0.284 e. The van der Waals surface area contributed by atoms with Gasteiger partial charge < -0.3 is 14.1 Å². The first kappa shape index (κ1) is 15.9. The molecule has 0 radical (unpaired) electrons. The van der Waals surface area contributed by atoms with E-state index < -0.39 is 4.92 Å². The van der Waals surface area contributed by atoms with Crippen molar-refractivity contribution >= 4 is 16.7 Å². The van der Waals surface area contributed by atoms with E-state index in [1.54, 1.807) is 24.3 Å². The van der Waals surface area contributed by atoms with Crippen LogP contribution in [0, 0.1) is 17.0 Å². The normalized spacial score (nSPS) is 11.0. The molecule has 0 unspecified atom stereocenters. The van der Waals surface area contributed by atoms with Crippen molar-refractivity contribution in [3.63, 3.8) is 0 Å². The number of aryl methyl sites for hydroxylation is 1. The molecule has 7 nitrogen and oxygen atoms in total. The molecular formula is C19H15N3O4. The third kappa shape index (κ3) is 2.69. The molecule has 2 heterocycles. The number of furan rings is 1. The summed E-state index contributed by atoms with van der Waals surface area (Å²) in [5.74, 6) is 1.90. The number of rotatable bonds is 4. The Morgan fingerprint density at radius 2 is 1.92 bits per heavy atom. The summed E-state index contributed by atoms with van der Waals surface area (Å²) in [6.45, 7) is 2.01. The Morgan fingerprint density at radius 3 is 2.69 bits per heavy atom. The number of nitro groups is 1. The summed E-state index contributed by atoms with van der Waals surface area (Å²) in [4.78, 5) is 18.7.